The van der Waals surface area contributed by atoms with E-state index >= 15 is 0 Å². The molecule has 0 spiro atoms. The van der Waals surface area contributed by atoms with Crippen LogP contribution in [0.15, 0.2) is 18.2 Å². The zero-order chi connectivity index (χ0) is 13.0. The standard InChI is InChI=1S/C13H19NO4/c1-15-13(16-2,6-3-7-14)10-4-5-11-12(8-10)18-9-17-11/h4-5,8H,3,6-7,9,14H2,1-2H3. The number of hydrogen-bond donors (Lipinski definition) is 1. The molecule has 0 fully saturated rings. The molecule has 1 heterocycles. The van der Waals surface area contributed by atoms with Gasteiger partial charge < -0.3 is 24.7 Å². The van der Waals surface area contributed by atoms with Crippen LogP contribution in [0.25, 0.3) is 0 Å². The molecule has 5 nitrogen and oxygen atoms in total. The maximum Gasteiger partial charge on any atom is 0.231 e. The zero-order valence-corrected chi connectivity index (χ0v) is 10.8. The molecule has 0 aliphatic carbocycles. The fraction of sp³-hybridized carbons (Fsp3) is 0.538. The van der Waals surface area contributed by atoms with Gasteiger partial charge in [-0.25, -0.2) is 0 Å². The van der Waals surface area contributed by atoms with E-state index in [4.69, 9.17) is 24.7 Å². The summed E-state index contributed by atoms with van der Waals surface area (Å²) < 4.78 is 21.8. The van der Waals surface area contributed by atoms with E-state index in [9.17, 15) is 0 Å². The molecule has 18 heavy (non-hydrogen) atoms. The first kappa shape index (κ1) is 13.1. The lowest BCUT2D eigenvalue weighted by Gasteiger charge is -2.31. The molecule has 5 heteroatoms. The first-order valence-electron chi connectivity index (χ1n) is 5.96. The van der Waals surface area contributed by atoms with Crippen molar-refractivity contribution in [2.24, 2.45) is 5.73 Å². The predicted molar refractivity (Wildman–Crippen MR) is 66.5 cm³/mol. The minimum atomic E-state index is -0.777. The average molecular weight is 253 g/mol. The van der Waals surface area contributed by atoms with Crippen molar-refractivity contribution < 1.29 is 18.9 Å². The van der Waals surface area contributed by atoms with Gasteiger partial charge in [0.15, 0.2) is 17.3 Å². The van der Waals surface area contributed by atoms with E-state index in [1.54, 1.807) is 14.2 Å². The van der Waals surface area contributed by atoms with Crippen molar-refractivity contribution in [3.8, 4) is 11.5 Å². The minimum Gasteiger partial charge on any atom is -0.454 e. The third-order valence-corrected chi connectivity index (χ3v) is 3.18. The van der Waals surface area contributed by atoms with Gasteiger partial charge in [-0.2, -0.15) is 0 Å². The Bertz CT molecular complexity index is 404. The molecular weight excluding hydrogens is 234 g/mol. The molecule has 1 aromatic rings. The highest BCUT2D eigenvalue weighted by molar-refractivity contribution is 5.45. The molecule has 0 radical (unpaired) electrons. The molecule has 0 saturated carbocycles. The van der Waals surface area contributed by atoms with Crippen LogP contribution < -0.4 is 15.2 Å². The summed E-state index contributed by atoms with van der Waals surface area (Å²) in [6.45, 7) is 0.855. The minimum absolute atomic E-state index is 0.258. The van der Waals surface area contributed by atoms with E-state index in [0.717, 1.165) is 23.5 Å². The Hall–Kier alpha value is -1.30. The van der Waals surface area contributed by atoms with Crippen LogP contribution in [0.5, 0.6) is 11.5 Å². The topological polar surface area (TPSA) is 62.9 Å². The molecule has 0 aromatic heterocycles. The fourth-order valence-electron chi connectivity index (χ4n) is 2.14. The monoisotopic (exact) mass is 253 g/mol. The number of rotatable bonds is 6. The summed E-state index contributed by atoms with van der Waals surface area (Å²) in [6, 6.07) is 5.69. The van der Waals surface area contributed by atoms with Gasteiger partial charge in [-0.15, -0.1) is 0 Å². The van der Waals surface area contributed by atoms with Gasteiger partial charge >= 0.3 is 0 Å². The van der Waals surface area contributed by atoms with Crippen LogP contribution in [0.4, 0.5) is 0 Å². The second-order valence-corrected chi connectivity index (χ2v) is 4.12. The Balaban J connectivity index is 2.30. The molecule has 0 amide bonds. The second-order valence-electron chi connectivity index (χ2n) is 4.12. The third-order valence-electron chi connectivity index (χ3n) is 3.18. The first-order chi connectivity index (χ1) is 8.75. The van der Waals surface area contributed by atoms with E-state index < -0.39 is 5.79 Å². The van der Waals surface area contributed by atoms with Gasteiger partial charge in [0.1, 0.15) is 0 Å². The summed E-state index contributed by atoms with van der Waals surface area (Å²) in [4.78, 5) is 0. The molecule has 0 atom stereocenters. The Morgan fingerprint density at radius 3 is 2.61 bits per heavy atom. The predicted octanol–water partition coefficient (Wildman–Crippen LogP) is 1.60. The van der Waals surface area contributed by atoms with Crippen molar-refractivity contribution in [3.63, 3.8) is 0 Å². The lowest BCUT2D eigenvalue weighted by atomic mass is 9.99. The molecule has 100 valence electrons. The van der Waals surface area contributed by atoms with Crippen LogP contribution in [0.1, 0.15) is 18.4 Å². The second kappa shape index (κ2) is 5.56. The van der Waals surface area contributed by atoms with Crippen LogP contribution in [-0.4, -0.2) is 27.6 Å². The Kier molecular flexibility index (Phi) is 4.06. The van der Waals surface area contributed by atoms with Gasteiger partial charge in [-0.3, -0.25) is 0 Å². The first-order valence-corrected chi connectivity index (χ1v) is 5.96. The van der Waals surface area contributed by atoms with Gasteiger partial charge in [0.05, 0.1) is 0 Å². The maximum absolute atomic E-state index is 5.56. The van der Waals surface area contributed by atoms with Gasteiger partial charge in [0, 0.05) is 26.2 Å². The molecule has 0 saturated heterocycles. The van der Waals surface area contributed by atoms with Crippen LogP contribution in [-0.2, 0) is 15.3 Å². The van der Waals surface area contributed by atoms with Crippen molar-refractivity contribution in [2.75, 3.05) is 27.6 Å². The highest BCUT2D eigenvalue weighted by Gasteiger charge is 2.33. The van der Waals surface area contributed by atoms with E-state index in [-0.39, 0.29) is 6.79 Å². The summed E-state index contributed by atoms with van der Waals surface area (Å²) in [6.07, 6.45) is 1.51. The van der Waals surface area contributed by atoms with E-state index in [1.165, 1.54) is 0 Å². The molecule has 1 aliphatic rings. The van der Waals surface area contributed by atoms with Crippen molar-refractivity contribution in [3.05, 3.63) is 23.8 Å². The molecule has 1 aliphatic heterocycles. The Morgan fingerprint density at radius 2 is 1.94 bits per heavy atom. The van der Waals surface area contributed by atoms with Crippen molar-refractivity contribution >= 4 is 0 Å². The normalized spacial score (nSPS) is 13.9. The zero-order valence-electron chi connectivity index (χ0n) is 10.8. The molecular formula is C13H19NO4. The summed E-state index contributed by atoms with van der Waals surface area (Å²) in [7, 11) is 3.26. The lowest BCUT2D eigenvalue weighted by molar-refractivity contribution is -0.220. The van der Waals surface area contributed by atoms with Crippen molar-refractivity contribution in [1.29, 1.82) is 0 Å². The summed E-state index contributed by atoms with van der Waals surface area (Å²) in [5, 5.41) is 0. The maximum atomic E-state index is 5.56. The van der Waals surface area contributed by atoms with E-state index in [0.29, 0.717) is 13.0 Å². The SMILES string of the molecule is COC(CCCN)(OC)c1ccc2c(c1)OCO2. The lowest BCUT2D eigenvalue weighted by Crippen LogP contribution is -2.31. The molecule has 0 unspecified atom stereocenters. The van der Waals surface area contributed by atoms with Gasteiger partial charge in [0.2, 0.25) is 6.79 Å². The van der Waals surface area contributed by atoms with Gasteiger partial charge in [-0.05, 0) is 31.2 Å². The number of hydrogen-bond acceptors (Lipinski definition) is 5. The molecule has 0 bridgehead atoms. The Labute approximate surface area is 107 Å². The summed E-state index contributed by atoms with van der Waals surface area (Å²) in [5.41, 5.74) is 6.47. The third kappa shape index (κ3) is 2.29. The quantitative estimate of drug-likeness (QED) is 0.780. The number of methoxy groups -OCH3 is 2. The summed E-state index contributed by atoms with van der Waals surface area (Å²) in [5.74, 6) is 0.692. The van der Waals surface area contributed by atoms with Gasteiger partial charge in [0.25, 0.3) is 0 Å². The fourth-order valence-corrected chi connectivity index (χ4v) is 2.14. The van der Waals surface area contributed by atoms with Gasteiger partial charge in [-0.1, -0.05) is 0 Å². The highest BCUT2D eigenvalue weighted by atomic mass is 16.7. The van der Waals surface area contributed by atoms with Crippen LogP contribution >= 0.6 is 0 Å². The number of nitrogens with two attached hydrogens (primary N) is 1. The van der Waals surface area contributed by atoms with Crippen molar-refractivity contribution in [2.45, 2.75) is 18.6 Å². The number of ether oxygens (including phenoxy) is 4. The summed E-state index contributed by atoms with van der Waals surface area (Å²) >= 11 is 0. The molecule has 2 rings (SSSR count). The largest absolute Gasteiger partial charge is 0.454 e. The average Bonchev–Trinajstić information content (AvgIpc) is 2.88. The highest BCUT2D eigenvalue weighted by Crippen LogP contribution is 2.38. The molecule has 2 N–H and O–H groups in total. The van der Waals surface area contributed by atoms with E-state index in [1.807, 2.05) is 18.2 Å². The number of benzene rings is 1. The van der Waals surface area contributed by atoms with Crippen LogP contribution in [0.3, 0.4) is 0 Å². The van der Waals surface area contributed by atoms with Crippen LogP contribution in [0, 0.1) is 0 Å². The molecule has 1 aromatic carbocycles. The number of fused-ring (bicyclic) bond motifs is 1. The Morgan fingerprint density at radius 1 is 1.22 bits per heavy atom. The smallest absolute Gasteiger partial charge is 0.231 e. The van der Waals surface area contributed by atoms with Crippen LogP contribution in [0.2, 0.25) is 0 Å². The van der Waals surface area contributed by atoms with Crippen molar-refractivity contribution in [1.82, 2.24) is 0 Å². The van der Waals surface area contributed by atoms with E-state index in [2.05, 4.69) is 0 Å².